The molecule has 0 aromatic rings. The largest absolute Gasteiger partial charge is 0.465 e. The van der Waals surface area contributed by atoms with E-state index in [1.807, 2.05) is 0 Å². The van der Waals surface area contributed by atoms with Crippen molar-refractivity contribution in [2.75, 3.05) is 26.2 Å². The van der Waals surface area contributed by atoms with E-state index in [1.165, 1.54) is 5.57 Å². The van der Waals surface area contributed by atoms with Crippen molar-refractivity contribution in [3.8, 4) is 0 Å². The predicted octanol–water partition coefficient (Wildman–Crippen LogP) is 5.28. The lowest BCUT2D eigenvalue weighted by atomic mass is 10.0. The first kappa shape index (κ1) is 22.7. The third kappa shape index (κ3) is 6.76. The van der Waals surface area contributed by atoms with Crippen molar-refractivity contribution in [1.29, 1.82) is 0 Å². The van der Waals surface area contributed by atoms with Crippen LogP contribution in [0.4, 0.5) is 0 Å². The number of likely N-dealkylation sites (tertiary alicyclic amines) is 1. The first-order valence-corrected chi connectivity index (χ1v) is 11.8. The van der Waals surface area contributed by atoms with E-state index in [1.54, 1.807) is 12.5 Å². The first-order chi connectivity index (χ1) is 14.7. The topological polar surface area (TPSA) is 42.0 Å². The zero-order valence-electron chi connectivity index (χ0n) is 18.8. The van der Waals surface area contributed by atoms with Crippen LogP contribution >= 0.6 is 0 Å². The van der Waals surface area contributed by atoms with Crippen LogP contribution in [0.3, 0.4) is 0 Å². The number of ether oxygens (including phenoxy) is 2. The maximum atomic E-state index is 12.0. The Morgan fingerprint density at radius 3 is 2.83 bits per heavy atom. The van der Waals surface area contributed by atoms with E-state index in [0.29, 0.717) is 11.9 Å². The lowest BCUT2D eigenvalue weighted by molar-refractivity contribution is -0.133. The highest BCUT2D eigenvalue weighted by molar-refractivity contribution is 5.76. The molecule has 0 radical (unpaired) electrons. The molecule has 0 N–H and O–H groups in total. The number of allylic oxidation sites excluding steroid dienone is 4. The summed E-state index contributed by atoms with van der Waals surface area (Å²) >= 11 is 0. The number of rotatable bonds is 11. The SMILES string of the molecule is CCCN(CCCCN1CCCCC1=O)C(C)CC1=COC=C(C2=CC=CCC2)O1. The molecular weight excluding hydrogens is 376 g/mol. The van der Waals surface area contributed by atoms with Crippen LogP contribution in [0.5, 0.6) is 0 Å². The summed E-state index contributed by atoms with van der Waals surface area (Å²) < 4.78 is 11.8. The Kier molecular flexibility index (Phi) is 9.06. The van der Waals surface area contributed by atoms with Gasteiger partial charge >= 0.3 is 0 Å². The van der Waals surface area contributed by atoms with Gasteiger partial charge in [-0.05, 0) is 70.5 Å². The lowest BCUT2D eigenvalue weighted by Gasteiger charge is -2.31. The van der Waals surface area contributed by atoms with E-state index >= 15 is 0 Å². The molecule has 166 valence electrons. The predicted molar refractivity (Wildman–Crippen MR) is 120 cm³/mol. The molecule has 0 aromatic heterocycles. The van der Waals surface area contributed by atoms with E-state index in [-0.39, 0.29) is 0 Å². The normalized spacial score (nSPS) is 20.3. The Morgan fingerprint density at radius 1 is 1.17 bits per heavy atom. The number of piperidine rings is 1. The molecule has 3 rings (SSSR count). The molecule has 1 unspecified atom stereocenters. The van der Waals surface area contributed by atoms with Gasteiger partial charge in [0.1, 0.15) is 18.3 Å². The second-order valence-electron chi connectivity index (χ2n) is 8.60. The molecular formula is C25H38N2O3. The molecule has 0 spiro atoms. The summed E-state index contributed by atoms with van der Waals surface area (Å²) in [6.45, 7) is 8.50. The highest BCUT2D eigenvalue weighted by Gasteiger charge is 2.21. The van der Waals surface area contributed by atoms with Gasteiger partial charge in [0.15, 0.2) is 5.76 Å². The maximum Gasteiger partial charge on any atom is 0.222 e. The first-order valence-electron chi connectivity index (χ1n) is 11.8. The molecule has 1 fully saturated rings. The number of nitrogens with zero attached hydrogens (tertiary/aromatic N) is 2. The van der Waals surface area contributed by atoms with Crippen LogP contribution < -0.4 is 0 Å². The van der Waals surface area contributed by atoms with Gasteiger partial charge in [-0.25, -0.2) is 0 Å². The number of hydrogen-bond donors (Lipinski definition) is 0. The minimum atomic E-state index is 0.342. The number of unbranched alkanes of at least 4 members (excludes halogenated alkanes) is 1. The maximum absolute atomic E-state index is 12.0. The van der Waals surface area contributed by atoms with Crippen LogP contribution in [0.2, 0.25) is 0 Å². The van der Waals surface area contributed by atoms with Crippen molar-refractivity contribution < 1.29 is 14.3 Å². The fraction of sp³-hybridized carbons (Fsp3) is 0.640. The Hall–Kier alpha value is -2.01. The minimum absolute atomic E-state index is 0.342. The summed E-state index contributed by atoms with van der Waals surface area (Å²) in [4.78, 5) is 16.6. The fourth-order valence-corrected chi connectivity index (χ4v) is 4.38. The second kappa shape index (κ2) is 12.0. The highest BCUT2D eigenvalue weighted by Crippen LogP contribution is 2.28. The summed E-state index contributed by atoms with van der Waals surface area (Å²) in [6, 6.07) is 0.385. The molecule has 1 aliphatic carbocycles. The Balaban J connectivity index is 1.43. The molecule has 5 heteroatoms. The van der Waals surface area contributed by atoms with E-state index in [4.69, 9.17) is 9.47 Å². The standard InChI is InChI=1S/C25H38N2O3/c1-3-14-26(15-9-10-17-27-16-8-7-13-25(27)28)21(2)18-23-19-29-20-24(30-23)22-11-5-4-6-12-22/h4-5,11,19-21H,3,6-10,12-18H2,1-2H3. The smallest absolute Gasteiger partial charge is 0.222 e. The Labute approximate surface area is 182 Å². The molecule has 1 saturated heterocycles. The van der Waals surface area contributed by atoms with Gasteiger partial charge < -0.3 is 19.3 Å². The van der Waals surface area contributed by atoms with Crippen molar-refractivity contribution in [2.24, 2.45) is 0 Å². The molecule has 0 bridgehead atoms. The van der Waals surface area contributed by atoms with Gasteiger partial charge in [0, 0.05) is 32.0 Å². The van der Waals surface area contributed by atoms with Crippen LogP contribution in [-0.2, 0) is 14.3 Å². The minimum Gasteiger partial charge on any atom is -0.465 e. The number of carbonyl (C=O) groups excluding carboxylic acids is 1. The van der Waals surface area contributed by atoms with Crippen molar-refractivity contribution >= 4 is 5.91 Å². The van der Waals surface area contributed by atoms with Crippen LogP contribution in [-0.4, -0.2) is 47.9 Å². The van der Waals surface area contributed by atoms with Crippen molar-refractivity contribution in [1.82, 2.24) is 9.80 Å². The number of amides is 1. The third-order valence-corrected chi connectivity index (χ3v) is 6.12. The number of hydrogen-bond acceptors (Lipinski definition) is 4. The summed E-state index contributed by atoms with van der Waals surface area (Å²) in [5.74, 6) is 2.08. The third-order valence-electron chi connectivity index (χ3n) is 6.12. The average Bonchev–Trinajstić information content (AvgIpc) is 2.78. The van der Waals surface area contributed by atoms with E-state index in [0.717, 1.165) is 95.5 Å². The van der Waals surface area contributed by atoms with Gasteiger partial charge in [0.2, 0.25) is 5.91 Å². The summed E-state index contributed by atoms with van der Waals surface area (Å²) in [7, 11) is 0. The van der Waals surface area contributed by atoms with E-state index in [2.05, 4.69) is 41.9 Å². The van der Waals surface area contributed by atoms with Crippen LogP contribution in [0, 0.1) is 0 Å². The Bertz CT molecular complexity index is 693. The van der Waals surface area contributed by atoms with Gasteiger partial charge in [0.05, 0.1) is 0 Å². The quantitative estimate of drug-likeness (QED) is 0.432. The molecule has 30 heavy (non-hydrogen) atoms. The molecule has 1 atom stereocenters. The van der Waals surface area contributed by atoms with Gasteiger partial charge in [0.25, 0.3) is 0 Å². The zero-order valence-corrected chi connectivity index (χ0v) is 18.8. The number of carbonyl (C=O) groups is 1. The van der Waals surface area contributed by atoms with Crippen molar-refractivity contribution in [3.63, 3.8) is 0 Å². The second-order valence-corrected chi connectivity index (χ2v) is 8.60. The fourth-order valence-electron chi connectivity index (χ4n) is 4.38. The van der Waals surface area contributed by atoms with E-state index < -0.39 is 0 Å². The van der Waals surface area contributed by atoms with Crippen molar-refractivity contribution in [3.05, 3.63) is 47.8 Å². The Morgan fingerprint density at radius 2 is 2.07 bits per heavy atom. The molecule has 2 aliphatic heterocycles. The van der Waals surface area contributed by atoms with Crippen molar-refractivity contribution in [2.45, 2.75) is 77.7 Å². The van der Waals surface area contributed by atoms with Crippen LogP contribution in [0.15, 0.2) is 47.8 Å². The van der Waals surface area contributed by atoms with Gasteiger partial charge in [-0.3, -0.25) is 4.79 Å². The van der Waals surface area contributed by atoms with Gasteiger partial charge in [-0.15, -0.1) is 0 Å². The lowest BCUT2D eigenvalue weighted by Crippen LogP contribution is -2.37. The summed E-state index contributed by atoms with van der Waals surface area (Å²) in [6.07, 6.45) is 19.0. The highest BCUT2D eigenvalue weighted by atomic mass is 16.5. The summed E-state index contributed by atoms with van der Waals surface area (Å²) in [5, 5.41) is 0. The molecule has 3 aliphatic rings. The monoisotopic (exact) mass is 414 g/mol. The molecule has 2 heterocycles. The molecule has 1 amide bonds. The average molecular weight is 415 g/mol. The summed E-state index contributed by atoms with van der Waals surface area (Å²) in [5.41, 5.74) is 1.20. The van der Waals surface area contributed by atoms with Gasteiger partial charge in [-0.2, -0.15) is 0 Å². The van der Waals surface area contributed by atoms with Crippen LogP contribution in [0.1, 0.15) is 71.6 Å². The zero-order chi connectivity index (χ0) is 21.2. The molecule has 0 saturated carbocycles. The van der Waals surface area contributed by atoms with E-state index in [9.17, 15) is 4.79 Å². The molecule has 5 nitrogen and oxygen atoms in total. The molecule has 0 aromatic carbocycles. The van der Waals surface area contributed by atoms with Gasteiger partial charge in [-0.1, -0.05) is 25.2 Å². The van der Waals surface area contributed by atoms with Crippen LogP contribution in [0.25, 0.3) is 0 Å².